The molecule has 0 unspecified atom stereocenters. The van der Waals surface area contributed by atoms with Crippen LogP contribution in [0.4, 0.5) is 0 Å². The lowest BCUT2D eigenvalue weighted by Crippen LogP contribution is -2.31. The summed E-state index contributed by atoms with van der Waals surface area (Å²) in [5, 5.41) is 28.7. The van der Waals surface area contributed by atoms with E-state index in [0.717, 1.165) is 0 Å². The lowest BCUT2D eigenvalue weighted by molar-refractivity contribution is -0.147. The van der Waals surface area contributed by atoms with E-state index in [-0.39, 0.29) is 0 Å². The first-order valence-corrected chi connectivity index (χ1v) is 3.38. The molecule has 72 valence electrons. The van der Waals surface area contributed by atoms with Crippen LogP contribution in [0, 0.1) is 4.91 Å². The van der Waals surface area contributed by atoms with E-state index in [0.29, 0.717) is 0 Å². The van der Waals surface area contributed by atoms with E-state index < -0.39 is 36.2 Å². The Morgan fingerprint density at radius 3 is 2.69 bits per heavy atom. The van der Waals surface area contributed by atoms with E-state index in [1.807, 2.05) is 0 Å². The first-order valence-electron chi connectivity index (χ1n) is 3.38. The minimum Gasteiger partial charge on any atom is -0.500 e. The molecule has 13 heavy (non-hydrogen) atoms. The predicted molar refractivity (Wildman–Crippen MR) is 38.4 cm³/mol. The fraction of sp³-hybridized carbons (Fsp3) is 0.500. The Labute approximate surface area is 72.2 Å². The molecule has 1 aliphatic heterocycles. The van der Waals surface area contributed by atoms with Crippen molar-refractivity contribution in [2.24, 2.45) is 5.18 Å². The van der Waals surface area contributed by atoms with Gasteiger partial charge in [-0.2, -0.15) is 0 Å². The van der Waals surface area contributed by atoms with Crippen molar-refractivity contribution in [2.45, 2.75) is 12.2 Å². The summed E-state index contributed by atoms with van der Waals surface area (Å²) in [5.74, 6) is -2.06. The average molecular weight is 189 g/mol. The van der Waals surface area contributed by atoms with Crippen LogP contribution in [0.3, 0.4) is 0 Å². The van der Waals surface area contributed by atoms with Gasteiger partial charge in [0.25, 0.3) is 0 Å². The lowest BCUT2D eigenvalue weighted by Gasteiger charge is -2.13. The van der Waals surface area contributed by atoms with E-state index in [1.54, 1.807) is 0 Å². The Hall–Kier alpha value is -1.47. The zero-order chi connectivity index (χ0) is 10.0. The molecule has 0 aliphatic carbocycles. The smallest absolute Gasteiger partial charge is 0.376 e. The third-order valence-electron chi connectivity index (χ3n) is 1.57. The third-order valence-corrected chi connectivity index (χ3v) is 1.57. The highest BCUT2D eigenvalue weighted by atomic mass is 16.6. The van der Waals surface area contributed by atoms with Crippen molar-refractivity contribution in [3.63, 3.8) is 0 Å². The van der Waals surface area contributed by atoms with Gasteiger partial charge in [-0.25, -0.2) is 4.79 Å². The van der Waals surface area contributed by atoms with Gasteiger partial charge in [-0.05, 0) is 5.18 Å². The molecule has 0 aromatic heterocycles. The number of aliphatic hydroxyl groups is 3. The predicted octanol–water partition coefficient (Wildman–Crippen LogP) is -1.20. The molecule has 0 saturated heterocycles. The molecule has 7 nitrogen and oxygen atoms in total. The van der Waals surface area contributed by atoms with Crippen LogP contribution in [-0.4, -0.2) is 40.1 Å². The van der Waals surface area contributed by atoms with E-state index in [9.17, 15) is 9.70 Å². The van der Waals surface area contributed by atoms with Crippen molar-refractivity contribution < 1.29 is 24.9 Å². The van der Waals surface area contributed by atoms with Crippen molar-refractivity contribution in [1.82, 2.24) is 0 Å². The monoisotopic (exact) mass is 189 g/mol. The van der Waals surface area contributed by atoms with Crippen LogP contribution in [0.1, 0.15) is 0 Å². The highest BCUT2D eigenvalue weighted by molar-refractivity contribution is 5.89. The molecule has 3 N–H and O–H groups in total. The lowest BCUT2D eigenvalue weighted by atomic mass is 10.1. The molecule has 0 spiro atoms. The van der Waals surface area contributed by atoms with E-state index >= 15 is 0 Å². The second kappa shape index (κ2) is 3.50. The summed E-state index contributed by atoms with van der Waals surface area (Å²) in [5.41, 5.74) is -0.591. The second-order valence-corrected chi connectivity index (χ2v) is 2.40. The number of cyclic esters (lactones) is 1. The van der Waals surface area contributed by atoms with Crippen molar-refractivity contribution >= 4 is 5.97 Å². The average Bonchev–Trinajstić information content (AvgIpc) is 2.42. The minimum absolute atomic E-state index is 0.591. The van der Waals surface area contributed by atoms with Crippen LogP contribution in [0.15, 0.2) is 16.6 Å². The number of nitrogens with zero attached hydrogens (tertiary/aromatic N) is 1. The van der Waals surface area contributed by atoms with Gasteiger partial charge in [0.15, 0.2) is 11.8 Å². The van der Waals surface area contributed by atoms with Crippen molar-refractivity contribution in [3.8, 4) is 0 Å². The van der Waals surface area contributed by atoms with Gasteiger partial charge in [-0.15, -0.1) is 4.91 Å². The maximum Gasteiger partial charge on any atom is 0.376 e. The van der Waals surface area contributed by atoms with E-state index in [4.69, 9.17) is 15.3 Å². The van der Waals surface area contributed by atoms with Gasteiger partial charge in [0.05, 0.1) is 6.61 Å². The maximum absolute atomic E-state index is 10.7. The largest absolute Gasteiger partial charge is 0.500 e. The van der Waals surface area contributed by atoms with Crippen molar-refractivity contribution in [2.75, 3.05) is 6.61 Å². The molecule has 0 fully saturated rings. The van der Waals surface area contributed by atoms with Crippen LogP contribution >= 0.6 is 0 Å². The Morgan fingerprint density at radius 1 is 1.62 bits per heavy atom. The second-order valence-electron chi connectivity index (χ2n) is 2.40. The molecule has 7 heteroatoms. The minimum atomic E-state index is -1.46. The van der Waals surface area contributed by atoms with Crippen LogP contribution in [-0.2, 0) is 9.53 Å². The zero-order valence-corrected chi connectivity index (χ0v) is 6.38. The Bertz CT molecular complexity index is 272. The highest BCUT2D eigenvalue weighted by Crippen LogP contribution is 2.24. The molecular weight excluding hydrogens is 182 g/mol. The Kier molecular flexibility index (Phi) is 2.59. The maximum atomic E-state index is 10.7. The highest BCUT2D eigenvalue weighted by Gasteiger charge is 2.39. The fourth-order valence-electron chi connectivity index (χ4n) is 0.918. The fourth-order valence-corrected chi connectivity index (χ4v) is 0.918. The summed E-state index contributed by atoms with van der Waals surface area (Å²) in [6, 6.07) is 0. The van der Waals surface area contributed by atoms with Crippen molar-refractivity contribution in [1.29, 1.82) is 0 Å². The summed E-state index contributed by atoms with van der Waals surface area (Å²) in [4.78, 5) is 20.8. The summed E-state index contributed by atoms with van der Waals surface area (Å²) >= 11 is 0. The van der Waals surface area contributed by atoms with Gasteiger partial charge >= 0.3 is 5.97 Å². The molecule has 0 aromatic carbocycles. The molecule has 0 saturated carbocycles. The summed E-state index contributed by atoms with van der Waals surface area (Å²) in [6.07, 6.45) is -2.84. The molecule has 0 aromatic rings. The van der Waals surface area contributed by atoms with Gasteiger partial charge in [0.1, 0.15) is 6.10 Å². The van der Waals surface area contributed by atoms with Crippen LogP contribution in [0.2, 0.25) is 0 Å². The van der Waals surface area contributed by atoms with Gasteiger partial charge in [0, 0.05) is 0 Å². The first kappa shape index (κ1) is 9.62. The standard InChI is InChI=1S/C6H7NO6/c8-1-2(9)5-3(7-12)4(10)6(11)13-5/h2,5,8-10H,1H2/t2-,5+/m1/s1. The molecule has 1 rings (SSSR count). The van der Waals surface area contributed by atoms with Crippen molar-refractivity contribution in [3.05, 3.63) is 16.4 Å². The number of hydrogen-bond acceptors (Lipinski definition) is 7. The molecule has 0 amide bonds. The van der Waals surface area contributed by atoms with Gasteiger partial charge in [0.2, 0.25) is 5.76 Å². The summed E-state index contributed by atoms with van der Waals surface area (Å²) in [6.45, 7) is -0.704. The Morgan fingerprint density at radius 2 is 2.23 bits per heavy atom. The SMILES string of the molecule is O=NC1=C(O)C(=O)O[C@H]1[C@H](O)CO. The number of aliphatic hydroxyl groups excluding tert-OH is 3. The summed E-state index contributed by atoms with van der Waals surface area (Å²) < 4.78 is 4.36. The molecular formula is C6H7NO6. The molecule has 1 heterocycles. The molecule has 1 aliphatic rings. The number of ether oxygens (including phenoxy) is 1. The number of esters is 1. The van der Waals surface area contributed by atoms with Crippen LogP contribution in [0.5, 0.6) is 0 Å². The first-order chi connectivity index (χ1) is 6.11. The van der Waals surface area contributed by atoms with E-state index in [1.165, 1.54) is 0 Å². The number of carbonyl (C=O) groups excluding carboxylic acids is 1. The number of carbonyl (C=O) groups is 1. The Balaban J connectivity index is 2.92. The number of hydrogen-bond donors (Lipinski definition) is 3. The third kappa shape index (κ3) is 1.51. The molecule has 0 bridgehead atoms. The number of rotatable bonds is 3. The normalized spacial score (nSPS) is 24.5. The number of nitroso groups, excluding NO2 is 1. The van der Waals surface area contributed by atoms with Crippen LogP contribution < -0.4 is 0 Å². The van der Waals surface area contributed by atoms with Gasteiger partial charge in [-0.1, -0.05) is 0 Å². The van der Waals surface area contributed by atoms with Crippen LogP contribution in [0.25, 0.3) is 0 Å². The van der Waals surface area contributed by atoms with Gasteiger partial charge < -0.3 is 20.1 Å². The zero-order valence-electron chi connectivity index (χ0n) is 6.38. The summed E-state index contributed by atoms with van der Waals surface area (Å²) in [7, 11) is 0. The quantitative estimate of drug-likeness (QED) is 0.379. The molecule has 2 atom stereocenters. The van der Waals surface area contributed by atoms with E-state index in [2.05, 4.69) is 9.91 Å². The molecule has 0 radical (unpaired) electrons. The topological polar surface area (TPSA) is 116 Å². The van der Waals surface area contributed by atoms with Gasteiger partial charge in [-0.3, -0.25) is 0 Å².